The normalized spacial score (nSPS) is 17.1. The molecule has 168 valence electrons. The van der Waals surface area contributed by atoms with E-state index < -0.39 is 22.0 Å². The summed E-state index contributed by atoms with van der Waals surface area (Å²) in [6.07, 6.45) is 1.46. The number of nitrogens with zero attached hydrogens (tertiary/aromatic N) is 2. The van der Waals surface area contributed by atoms with Crippen LogP contribution in [0.25, 0.3) is 0 Å². The van der Waals surface area contributed by atoms with Crippen molar-refractivity contribution < 1.29 is 22.7 Å². The van der Waals surface area contributed by atoms with Crippen LogP contribution in [0, 0.1) is 11.3 Å². The van der Waals surface area contributed by atoms with Crippen LogP contribution in [-0.2, 0) is 19.6 Å². The zero-order valence-corrected chi connectivity index (χ0v) is 19.1. The molecule has 8 nitrogen and oxygen atoms in total. The van der Waals surface area contributed by atoms with E-state index in [4.69, 9.17) is 32.7 Å². The summed E-state index contributed by atoms with van der Waals surface area (Å²) in [7, 11) is -4.15. The summed E-state index contributed by atoms with van der Waals surface area (Å²) in [5, 5.41) is 12.9. The molecular weight excluding hydrogens is 477 g/mol. The van der Waals surface area contributed by atoms with Crippen LogP contribution in [-0.4, -0.2) is 44.4 Å². The van der Waals surface area contributed by atoms with Gasteiger partial charge in [-0.15, -0.1) is 0 Å². The molecule has 1 atom stereocenters. The summed E-state index contributed by atoms with van der Waals surface area (Å²) >= 11 is 12.0. The number of benzene rings is 2. The number of esters is 1. The van der Waals surface area contributed by atoms with Crippen LogP contribution in [0.3, 0.4) is 0 Å². The van der Waals surface area contributed by atoms with Crippen molar-refractivity contribution in [2.75, 3.05) is 19.6 Å². The Morgan fingerprint density at radius 1 is 1.25 bits per heavy atom. The van der Waals surface area contributed by atoms with Crippen LogP contribution in [0.4, 0.5) is 0 Å². The molecule has 1 unspecified atom stereocenters. The van der Waals surface area contributed by atoms with Gasteiger partial charge in [-0.2, -0.15) is 9.57 Å². The Balaban J connectivity index is 2.01. The van der Waals surface area contributed by atoms with E-state index in [1.54, 1.807) is 0 Å². The van der Waals surface area contributed by atoms with Crippen LogP contribution < -0.4 is 10.1 Å². The molecule has 1 N–H and O–H groups in total. The topological polar surface area (TPSA) is 109 Å². The zero-order valence-electron chi connectivity index (χ0n) is 16.8. The predicted octanol–water partition coefficient (Wildman–Crippen LogP) is 3.70. The Bertz CT molecular complexity index is 1160. The minimum Gasteiger partial charge on any atom is -0.456 e. The average molecular weight is 496 g/mol. The second kappa shape index (κ2) is 10.3. The number of ether oxygens (including phenoxy) is 2. The number of hydrogen-bond donors (Lipinski definition) is 1. The fourth-order valence-electron chi connectivity index (χ4n) is 3.15. The monoisotopic (exact) mass is 495 g/mol. The Kier molecular flexibility index (Phi) is 7.77. The molecule has 11 heteroatoms. The summed E-state index contributed by atoms with van der Waals surface area (Å²) in [5.41, 5.74) is 0.135. The van der Waals surface area contributed by atoms with Gasteiger partial charge >= 0.3 is 5.97 Å². The van der Waals surface area contributed by atoms with Crippen molar-refractivity contribution in [3.63, 3.8) is 0 Å². The van der Waals surface area contributed by atoms with Crippen molar-refractivity contribution in [3.8, 4) is 17.6 Å². The van der Waals surface area contributed by atoms with E-state index in [2.05, 4.69) is 11.9 Å². The minimum absolute atomic E-state index is 0.00948. The maximum absolute atomic E-state index is 13.6. The maximum Gasteiger partial charge on any atom is 0.329 e. The Hall–Kier alpha value is -2.61. The van der Waals surface area contributed by atoms with E-state index in [1.165, 1.54) is 36.4 Å². The first-order valence-corrected chi connectivity index (χ1v) is 11.7. The highest BCUT2D eigenvalue weighted by molar-refractivity contribution is 7.89. The van der Waals surface area contributed by atoms with Gasteiger partial charge in [0.25, 0.3) is 0 Å². The largest absolute Gasteiger partial charge is 0.456 e. The second-order valence-corrected chi connectivity index (χ2v) is 9.59. The predicted molar refractivity (Wildman–Crippen MR) is 119 cm³/mol. The van der Waals surface area contributed by atoms with Gasteiger partial charge in [-0.3, -0.25) is 0 Å². The van der Waals surface area contributed by atoms with Crippen molar-refractivity contribution in [3.05, 3.63) is 64.8 Å². The number of carbonyl (C=O) groups is 1. The summed E-state index contributed by atoms with van der Waals surface area (Å²) in [6.45, 7) is 3.77. The van der Waals surface area contributed by atoms with Crippen LogP contribution in [0.2, 0.25) is 10.0 Å². The van der Waals surface area contributed by atoms with Gasteiger partial charge in [-0.25, -0.2) is 13.2 Å². The lowest BCUT2D eigenvalue weighted by molar-refractivity contribution is -0.140. The van der Waals surface area contributed by atoms with Gasteiger partial charge in [0.2, 0.25) is 10.0 Å². The van der Waals surface area contributed by atoms with Gasteiger partial charge in [0.15, 0.2) is 0 Å². The van der Waals surface area contributed by atoms with Gasteiger partial charge in [0, 0.05) is 23.1 Å². The molecule has 0 aromatic heterocycles. The van der Waals surface area contributed by atoms with E-state index in [1.807, 2.05) is 6.07 Å². The van der Waals surface area contributed by atoms with Gasteiger partial charge in [-0.1, -0.05) is 29.8 Å². The van der Waals surface area contributed by atoms with Crippen molar-refractivity contribution in [2.24, 2.45) is 0 Å². The Morgan fingerprint density at radius 3 is 2.62 bits per heavy atom. The molecule has 1 saturated heterocycles. The standard InChI is InChI=1S/C21H19Cl2N3O5S/c1-2-30-21(27)18-13-26(7-3-6-25-18)32(28,29)20-8-14(12-24)4-5-19(20)31-17-10-15(22)9-16(23)11-17/h2,4-5,8-11,18,25H,1,3,6-7,13H2. The number of carbonyl (C=O) groups excluding carboxylic acids is 1. The van der Waals surface area contributed by atoms with E-state index in [0.717, 1.165) is 10.6 Å². The van der Waals surface area contributed by atoms with Crippen molar-refractivity contribution in [1.29, 1.82) is 5.26 Å². The highest BCUT2D eigenvalue weighted by atomic mass is 35.5. The summed E-state index contributed by atoms with van der Waals surface area (Å²) in [4.78, 5) is 11.9. The molecule has 0 saturated carbocycles. The lowest BCUT2D eigenvalue weighted by Crippen LogP contribution is -2.45. The smallest absolute Gasteiger partial charge is 0.329 e. The molecule has 1 heterocycles. The first-order chi connectivity index (χ1) is 15.2. The maximum atomic E-state index is 13.6. The highest BCUT2D eigenvalue weighted by Gasteiger charge is 2.34. The van der Waals surface area contributed by atoms with Gasteiger partial charge < -0.3 is 14.8 Å². The van der Waals surface area contributed by atoms with Crippen LogP contribution in [0.1, 0.15) is 12.0 Å². The molecule has 1 aliphatic rings. The van der Waals surface area contributed by atoms with Gasteiger partial charge in [-0.05, 0) is 49.4 Å². The molecule has 0 radical (unpaired) electrons. The first-order valence-electron chi connectivity index (χ1n) is 9.47. The van der Waals surface area contributed by atoms with Crippen LogP contribution >= 0.6 is 23.2 Å². The van der Waals surface area contributed by atoms with Crippen LogP contribution in [0.15, 0.2) is 54.1 Å². The number of nitrogens with one attached hydrogen (secondary N) is 1. The molecule has 2 aromatic rings. The lowest BCUT2D eigenvalue weighted by atomic mass is 10.2. The number of nitriles is 1. The molecule has 1 aliphatic heterocycles. The molecule has 0 spiro atoms. The van der Waals surface area contributed by atoms with Crippen molar-refractivity contribution in [1.82, 2.24) is 9.62 Å². The third kappa shape index (κ3) is 5.59. The number of rotatable bonds is 6. The lowest BCUT2D eigenvalue weighted by Gasteiger charge is -2.24. The molecule has 0 aliphatic carbocycles. The molecule has 0 bridgehead atoms. The molecule has 1 fully saturated rings. The zero-order chi connectivity index (χ0) is 23.3. The Labute approximate surface area is 196 Å². The van der Waals surface area contributed by atoms with Crippen molar-refractivity contribution in [2.45, 2.75) is 17.4 Å². The fraction of sp³-hybridized carbons (Fsp3) is 0.238. The summed E-state index contributed by atoms with van der Waals surface area (Å²) in [6, 6.07) is 9.59. The van der Waals surface area contributed by atoms with Crippen LogP contribution in [0.5, 0.6) is 11.5 Å². The van der Waals surface area contributed by atoms with E-state index in [-0.39, 0.29) is 35.0 Å². The van der Waals surface area contributed by atoms with E-state index in [0.29, 0.717) is 23.0 Å². The van der Waals surface area contributed by atoms with E-state index >= 15 is 0 Å². The highest BCUT2D eigenvalue weighted by Crippen LogP contribution is 2.34. The number of sulfonamides is 1. The third-order valence-corrected chi connectivity index (χ3v) is 6.92. The number of hydrogen-bond acceptors (Lipinski definition) is 7. The quantitative estimate of drug-likeness (QED) is 0.480. The van der Waals surface area contributed by atoms with Gasteiger partial charge in [0.05, 0.1) is 17.9 Å². The second-order valence-electron chi connectivity index (χ2n) is 6.81. The average Bonchev–Trinajstić information content (AvgIpc) is 3.00. The summed E-state index contributed by atoms with van der Waals surface area (Å²) in [5.74, 6) is -0.420. The molecular formula is C21H19Cl2N3O5S. The first kappa shape index (κ1) is 24.0. The van der Waals surface area contributed by atoms with E-state index in [9.17, 15) is 18.5 Å². The molecule has 0 amide bonds. The SMILES string of the molecule is C=COC(=O)C1CN(S(=O)(=O)c2cc(C#N)ccc2Oc2cc(Cl)cc(Cl)c2)CCCN1. The van der Waals surface area contributed by atoms with Gasteiger partial charge in [0.1, 0.15) is 22.4 Å². The fourth-order valence-corrected chi connectivity index (χ4v) is 5.29. The Morgan fingerprint density at radius 2 is 1.97 bits per heavy atom. The number of halogens is 2. The third-order valence-electron chi connectivity index (χ3n) is 4.60. The van der Waals surface area contributed by atoms with Crippen molar-refractivity contribution >= 4 is 39.2 Å². The minimum atomic E-state index is -4.15. The molecule has 3 rings (SSSR count). The molecule has 2 aromatic carbocycles. The molecule has 32 heavy (non-hydrogen) atoms. The summed E-state index contributed by atoms with van der Waals surface area (Å²) < 4.78 is 38.9.